The zero-order chi connectivity index (χ0) is 22.4. The molecule has 2 N–H and O–H groups in total. The van der Waals surface area contributed by atoms with Crippen molar-refractivity contribution < 1.29 is 14.0 Å². The molecule has 10 heteroatoms. The summed E-state index contributed by atoms with van der Waals surface area (Å²) >= 11 is 13.3. The first-order valence-corrected chi connectivity index (χ1v) is 11.2. The van der Waals surface area contributed by atoms with Gasteiger partial charge in [-0.05, 0) is 44.2 Å². The van der Waals surface area contributed by atoms with Gasteiger partial charge in [-0.2, -0.15) is 0 Å². The molecule has 164 valence electrons. The third kappa shape index (κ3) is 6.72. The van der Waals surface area contributed by atoms with Crippen molar-refractivity contribution in [1.29, 1.82) is 0 Å². The third-order valence-electron chi connectivity index (χ3n) is 4.17. The summed E-state index contributed by atoms with van der Waals surface area (Å²) in [4.78, 5) is 31.1. The molecule has 0 saturated carbocycles. The minimum Gasteiger partial charge on any atom is -0.467 e. The maximum Gasteiger partial charge on any atom is 0.273 e. The van der Waals surface area contributed by atoms with Crippen molar-refractivity contribution in [2.45, 2.75) is 32.9 Å². The molecule has 3 aromatic rings. The molecule has 0 bridgehead atoms. The lowest BCUT2D eigenvalue weighted by atomic mass is 10.2. The standard InChI is InChI=1S/C21H22Cl2N4O3S/c1-13(2)24-19(28)7-8-27(11-15-4-3-9-30-15)20(29)18-12-31-21(26-18)25-14-5-6-16(22)17(23)10-14/h3-6,9-10,12-13H,7-8,11H2,1-2H3,(H,24,28)(H,25,26). The molecule has 0 radical (unpaired) electrons. The van der Waals surface area contributed by atoms with Crippen molar-refractivity contribution in [3.63, 3.8) is 0 Å². The number of halogens is 2. The van der Waals surface area contributed by atoms with E-state index in [1.54, 1.807) is 46.9 Å². The van der Waals surface area contributed by atoms with E-state index in [9.17, 15) is 9.59 Å². The molecule has 2 aromatic heterocycles. The van der Waals surface area contributed by atoms with E-state index in [4.69, 9.17) is 27.6 Å². The Labute approximate surface area is 194 Å². The summed E-state index contributed by atoms with van der Waals surface area (Å²) in [5.74, 6) is 0.224. The molecule has 3 rings (SSSR count). The summed E-state index contributed by atoms with van der Waals surface area (Å²) in [6, 6.07) is 8.71. The minimum absolute atomic E-state index is 0.0373. The Morgan fingerprint density at radius 2 is 2.03 bits per heavy atom. The molecule has 0 aliphatic heterocycles. The van der Waals surface area contributed by atoms with Crippen molar-refractivity contribution >= 4 is 57.2 Å². The van der Waals surface area contributed by atoms with Crippen LogP contribution in [0.4, 0.5) is 10.8 Å². The van der Waals surface area contributed by atoms with Crippen LogP contribution in [-0.2, 0) is 11.3 Å². The van der Waals surface area contributed by atoms with Crippen LogP contribution in [0.2, 0.25) is 10.0 Å². The van der Waals surface area contributed by atoms with Gasteiger partial charge in [0.25, 0.3) is 5.91 Å². The zero-order valence-corrected chi connectivity index (χ0v) is 19.4. The average molecular weight is 481 g/mol. The van der Waals surface area contributed by atoms with Gasteiger partial charge in [-0.1, -0.05) is 23.2 Å². The first kappa shape index (κ1) is 23.1. The Morgan fingerprint density at radius 1 is 1.23 bits per heavy atom. The van der Waals surface area contributed by atoms with Crippen LogP contribution in [0.5, 0.6) is 0 Å². The predicted octanol–water partition coefficient (Wildman–Crippen LogP) is 5.34. The molecule has 1 aromatic carbocycles. The Bertz CT molecular complexity index is 1040. The fraction of sp³-hybridized carbons (Fsp3) is 0.286. The highest BCUT2D eigenvalue weighted by molar-refractivity contribution is 7.14. The summed E-state index contributed by atoms with van der Waals surface area (Å²) in [7, 11) is 0. The molecule has 0 unspecified atom stereocenters. The van der Waals surface area contributed by atoms with Gasteiger partial charge < -0.3 is 20.0 Å². The first-order valence-electron chi connectivity index (χ1n) is 9.60. The maximum atomic E-state index is 13.1. The summed E-state index contributed by atoms with van der Waals surface area (Å²) in [5, 5.41) is 9.03. The van der Waals surface area contributed by atoms with E-state index in [2.05, 4.69) is 15.6 Å². The van der Waals surface area contributed by atoms with E-state index in [0.717, 1.165) is 0 Å². The number of nitrogens with zero attached hydrogens (tertiary/aromatic N) is 2. The second-order valence-electron chi connectivity index (χ2n) is 7.07. The molecular formula is C21H22Cl2N4O3S. The van der Waals surface area contributed by atoms with Crippen molar-refractivity contribution in [2.24, 2.45) is 0 Å². The molecule has 2 heterocycles. The van der Waals surface area contributed by atoms with Gasteiger partial charge in [0.1, 0.15) is 11.5 Å². The highest BCUT2D eigenvalue weighted by atomic mass is 35.5. The number of furan rings is 1. The van der Waals surface area contributed by atoms with Crippen LogP contribution in [0.3, 0.4) is 0 Å². The molecule has 0 fully saturated rings. The van der Waals surface area contributed by atoms with Gasteiger partial charge in [-0.25, -0.2) is 4.98 Å². The van der Waals surface area contributed by atoms with E-state index >= 15 is 0 Å². The average Bonchev–Trinajstić information content (AvgIpc) is 3.39. The molecule has 2 amide bonds. The molecule has 31 heavy (non-hydrogen) atoms. The molecule has 0 saturated heterocycles. The number of carbonyl (C=O) groups excluding carboxylic acids is 2. The minimum atomic E-state index is -0.285. The number of amides is 2. The van der Waals surface area contributed by atoms with Crippen molar-refractivity contribution in [2.75, 3.05) is 11.9 Å². The van der Waals surface area contributed by atoms with Gasteiger partial charge in [-0.3, -0.25) is 9.59 Å². The first-order chi connectivity index (χ1) is 14.8. The fourth-order valence-corrected chi connectivity index (χ4v) is 3.77. The van der Waals surface area contributed by atoms with E-state index in [0.29, 0.717) is 26.6 Å². The Balaban J connectivity index is 1.70. The molecule has 0 spiro atoms. The van der Waals surface area contributed by atoms with Crippen LogP contribution in [0.1, 0.15) is 36.5 Å². The highest BCUT2D eigenvalue weighted by Crippen LogP contribution is 2.28. The summed E-state index contributed by atoms with van der Waals surface area (Å²) in [6.07, 6.45) is 1.73. The molecule has 0 atom stereocenters. The van der Waals surface area contributed by atoms with Crippen molar-refractivity contribution in [1.82, 2.24) is 15.2 Å². The normalized spacial score (nSPS) is 10.9. The quantitative estimate of drug-likeness (QED) is 0.431. The number of hydrogen-bond donors (Lipinski definition) is 2. The Kier molecular flexibility index (Phi) is 7.95. The largest absolute Gasteiger partial charge is 0.467 e. The van der Waals surface area contributed by atoms with Crippen LogP contribution in [-0.4, -0.2) is 34.3 Å². The monoisotopic (exact) mass is 480 g/mol. The number of aromatic nitrogens is 1. The number of thiazole rings is 1. The van der Waals surface area contributed by atoms with E-state index < -0.39 is 0 Å². The highest BCUT2D eigenvalue weighted by Gasteiger charge is 2.21. The molecule has 7 nitrogen and oxygen atoms in total. The number of nitrogens with one attached hydrogen (secondary N) is 2. The summed E-state index contributed by atoms with van der Waals surface area (Å²) in [5.41, 5.74) is 0.990. The van der Waals surface area contributed by atoms with Crippen LogP contribution in [0.25, 0.3) is 0 Å². The number of hydrogen-bond acceptors (Lipinski definition) is 6. The molecule has 0 aliphatic rings. The van der Waals surface area contributed by atoms with Crippen LogP contribution >= 0.6 is 34.5 Å². The van der Waals surface area contributed by atoms with Gasteiger partial charge in [-0.15, -0.1) is 11.3 Å². The third-order valence-corrected chi connectivity index (χ3v) is 5.66. The second-order valence-corrected chi connectivity index (χ2v) is 8.74. The Morgan fingerprint density at radius 3 is 2.71 bits per heavy atom. The van der Waals surface area contributed by atoms with E-state index in [1.165, 1.54) is 11.3 Å². The van der Waals surface area contributed by atoms with Crippen molar-refractivity contribution in [3.05, 3.63) is 63.5 Å². The Hall–Kier alpha value is -2.55. The molecular weight excluding hydrogens is 459 g/mol. The van der Waals surface area contributed by atoms with E-state index in [1.807, 2.05) is 13.8 Å². The number of carbonyl (C=O) groups is 2. The maximum absolute atomic E-state index is 13.1. The lowest BCUT2D eigenvalue weighted by Crippen LogP contribution is -2.36. The van der Waals surface area contributed by atoms with Crippen LogP contribution in [0, 0.1) is 0 Å². The number of anilines is 2. The van der Waals surface area contributed by atoms with Gasteiger partial charge >= 0.3 is 0 Å². The predicted molar refractivity (Wildman–Crippen MR) is 123 cm³/mol. The topological polar surface area (TPSA) is 87.5 Å². The fourth-order valence-electron chi connectivity index (χ4n) is 2.76. The van der Waals surface area contributed by atoms with Crippen LogP contribution < -0.4 is 10.6 Å². The SMILES string of the molecule is CC(C)NC(=O)CCN(Cc1ccco1)C(=O)c1csc(Nc2ccc(Cl)c(Cl)c2)n1. The van der Waals surface area contributed by atoms with Crippen LogP contribution in [0.15, 0.2) is 46.4 Å². The number of rotatable bonds is 9. The van der Waals surface area contributed by atoms with Crippen molar-refractivity contribution in [3.8, 4) is 0 Å². The summed E-state index contributed by atoms with van der Waals surface area (Å²) in [6.45, 7) is 4.27. The zero-order valence-electron chi connectivity index (χ0n) is 17.0. The van der Waals surface area contributed by atoms with Gasteiger partial charge in [0.15, 0.2) is 5.13 Å². The van der Waals surface area contributed by atoms with Gasteiger partial charge in [0, 0.05) is 30.1 Å². The van der Waals surface area contributed by atoms with Gasteiger partial charge in [0.05, 0.1) is 22.9 Å². The smallest absolute Gasteiger partial charge is 0.273 e. The second kappa shape index (κ2) is 10.7. The molecule has 0 aliphatic carbocycles. The lowest BCUT2D eigenvalue weighted by Gasteiger charge is -2.21. The summed E-state index contributed by atoms with van der Waals surface area (Å²) < 4.78 is 5.38. The lowest BCUT2D eigenvalue weighted by molar-refractivity contribution is -0.121. The van der Waals surface area contributed by atoms with E-state index in [-0.39, 0.29) is 43.1 Å². The number of benzene rings is 1. The van der Waals surface area contributed by atoms with Gasteiger partial charge in [0.2, 0.25) is 5.91 Å².